The van der Waals surface area contributed by atoms with Gasteiger partial charge in [0.05, 0.1) is 5.69 Å². The Kier molecular flexibility index (Phi) is 2.59. The van der Waals surface area contributed by atoms with Crippen LogP contribution in [0.2, 0.25) is 0 Å². The number of hydrogen-bond donors (Lipinski definition) is 0. The van der Waals surface area contributed by atoms with Gasteiger partial charge in [0, 0.05) is 19.2 Å². The Hall–Kier alpha value is -1.42. The van der Waals surface area contributed by atoms with Gasteiger partial charge in [0.2, 0.25) is 0 Å². The second-order valence-corrected chi connectivity index (χ2v) is 5.05. The molecule has 90 valence electrons. The molecule has 1 fully saturated rings. The van der Waals surface area contributed by atoms with Gasteiger partial charge in [-0.25, -0.2) is 0 Å². The van der Waals surface area contributed by atoms with Crippen LogP contribution in [0.25, 0.3) is 0 Å². The standard InChI is InChI=1S/C13H17N3O/c1-16-8-4-6-13(10-16)9-12(15-17-13)11-5-2-3-7-14-11/h2-3,5,7H,4,6,8-10H2,1H3. The second-order valence-electron chi connectivity index (χ2n) is 5.05. The van der Waals surface area contributed by atoms with Crippen LogP contribution in [-0.2, 0) is 4.84 Å². The number of oxime groups is 1. The van der Waals surface area contributed by atoms with Crippen LogP contribution in [0.4, 0.5) is 0 Å². The van der Waals surface area contributed by atoms with Gasteiger partial charge in [0.15, 0.2) is 5.60 Å². The van der Waals surface area contributed by atoms with Gasteiger partial charge >= 0.3 is 0 Å². The lowest BCUT2D eigenvalue weighted by Crippen LogP contribution is -2.46. The SMILES string of the molecule is CN1CCCC2(CC(c3ccccn3)=NO2)C1. The van der Waals surface area contributed by atoms with E-state index in [1.165, 1.54) is 6.42 Å². The van der Waals surface area contributed by atoms with E-state index in [-0.39, 0.29) is 5.60 Å². The van der Waals surface area contributed by atoms with Crippen molar-refractivity contribution >= 4 is 5.71 Å². The zero-order valence-electron chi connectivity index (χ0n) is 10.1. The molecular weight excluding hydrogens is 214 g/mol. The zero-order valence-corrected chi connectivity index (χ0v) is 10.1. The van der Waals surface area contributed by atoms with Gasteiger partial charge < -0.3 is 9.74 Å². The number of rotatable bonds is 1. The van der Waals surface area contributed by atoms with Gasteiger partial charge in [0.1, 0.15) is 5.71 Å². The molecule has 1 saturated heterocycles. The van der Waals surface area contributed by atoms with Crippen molar-refractivity contribution in [3.63, 3.8) is 0 Å². The quantitative estimate of drug-likeness (QED) is 0.738. The molecule has 1 aromatic heterocycles. The highest BCUT2D eigenvalue weighted by Crippen LogP contribution is 2.33. The van der Waals surface area contributed by atoms with Crippen LogP contribution in [0.1, 0.15) is 25.0 Å². The molecule has 1 aromatic rings. The Morgan fingerprint density at radius 1 is 1.41 bits per heavy atom. The summed E-state index contributed by atoms with van der Waals surface area (Å²) in [5.41, 5.74) is 1.83. The lowest BCUT2D eigenvalue weighted by molar-refractivity contribution is -0.0631. The molecule has 0 aliphatic carbocycles. The van der Waals surface area contributed by atoms with E-state index in [4.69, 9.17) is 4.84 Å². The van der Waals surface area contributed by atoms with Crippen LogP contribution in [0.15, 0.2) is 29.6 Å². The first-order chi connectivity index (χ1) is 8.27. The van der Waals surface area contributed by atoms with Gasteiger partial charge in [-0.2, -0.15) is 0 Å². The molecule has 3 heterocycles. The number of likely N-dealkylation sites (N-methyl/N-ethyl adjacent to an activating group) is 1. The van der Waals surface area contributed by atoms with Crippen molar-refractivity contribution < 1.29 is 4.84 Å². The van der Waals surface area contributed by atoms with E-state index in [1.807, 2.05) is 18.2 Å². The first kappa shape index (κ1) is 10.7. The fraction of sp³-hybridized carbons (Fsp3) is 0.538. The van der Waals surface area contributed by atoms with Gasteiger partial charge in [0.25, 0.3) is 0 Å². The van der Waals surface area contributed by atoms with Crippen LogP contribution in [-0.4, -0.2) is 41.3 Å². The summed E-state index contributed by atoms with van der Waals surface area (Å²) in [5, 5.41) is 4.24. The smallest absolute Gasteiger partial charge is 0.156 e. The van der Waals surface area contributed by atoms with E-state index < -0.39 is 0 Å². The Bertz CT molecular complexity index is 432. The summed E-state index contributed by atoms with van der Waals surface area (Å²) in [7, 11) is 2.14. The molecule has 1 spiro atoms. The van der Waals surface area contributed by atoms with Crippen LogP contribution in [0.3, 0.4) is 0 Å². The molecule has 2 aliphatic rings. The third kappa shape index (κ3) is 2.05. The molecule has 4 heteroatoms. The average Bonchev–Trinajstić information content (AvgIpc) is 2.74. The average molecular weight is 231 g/mol. The molecule has 1 atom stereocenters. The Labute approximate surface area is 101 Å². The topological polar surface area (TPSA) is 37.7 Å². The van der Waals surface area contributed by atoms with Crippen molar-refractivity contribution in [2.24, 2.45) is 5.16 Å². The van der Waals surface area contributed by atoms with Gasteiger partial charge in [-0.1, -0.05) is 11.2 Å². The molecule has 0 aromatic carbocycles. The molecule has 0 saturated carbocycles. The number of aromatic nitrogens is 1. The maximum absolute atomic E-state index is 5.73. The van der Waals surface area contributed by atoms with Crippen molar-refractivity contribution in [2.75, 3.05) is 20.1 Å². The highest BCUT2D eigenvalue weighted by Gasteiger charge is 2.42. The van der Waals surface area contributed by atoms with Gasteiger partial charge in [-0.05, 0) is 38.6 Å². The molecule has 0 radical (unpaired) electrons. The molecule has 17 heavy (non-hydrogen) atoms. The fourth-order valence-corrected chi connectivity index (χ4v) is 2.73. The summed E-state index contributed by atoms with van der Waals surface area (Å²) in [6.07, 6.45) is 4.96. The Balaban J connectivity index is 1.76. The van der Waals surface area contributed by atoms with Crippen LogP contribution < -0.4 is 0 Å². The zero-order chi connectivity index (χ0) is 11.7. The van der Waals surface area contributed by atoms with E-state index in [9.17, 15) is 0 Å². The third-order valence-corrected chi connectivity index (χ3v) is 3.53. The number of pyridine rings is 1. The van der Waals surface area contributed by atoms with Gasteiger partial charge in [-0.15, -0.1) is 0 Å². The molecule has 0 bridgehead atoms. The predicted octanol–water partition coefficient (Wildman–Crippen LogP) is 1.67. The van der Waals surface area contributed by atoms with Crippen molar-refractivity contribution in [3.05, 3.63) is 30.1 Å². The van der Waals surface area contributed by atoms with E-state index >= 15 is 0 Å². The molecule has 4 nitrogen and oxygen atoms in total. The predicted molar refractivity (Wildman–Crippen MR) is 65.9 cm³/mol. The highest BCUT2D eigenvalue weighted by molar-refractivity contribution is 6.00. The number of likely N-dealkylation sites (tertiary alicyclic amines) is 1. The Morgan fingerprint density at radius 3 is 3.12 bits per heavy atom. The third-order valence-electron chi connectivity index (χ3n) is 3.53. The van der Waals surface area contributed by atoms with Crippen LogP contribution in [0.5, 0.6) is 0 Å². The summed E-state index contributed by atoms with van der Waals surface area (Å²) in [4.78, 5) is 12.4. The maximum Gasteiger partial charge on any atom is 0.156 e. The minimum absolute atomic E-state index is 0.0974. The summed E-state index contributed by atoms with van der Waals surface area (Å²) in [5.74, 6) is 0. The molecule has 2 aliphatic heterocycles. The van der Waals surface area contributed by atoms with Crippen molar-refractivity contribution in [2.45, 2.75) is 24.9 Å². The lowest BCUT2D eigenvalue weighted by atomic mass is 9.88. The molecule has 1 unspecified atom stereocenters. The van der Waals surface area contributed by atoms with Crippen molar-refractivity contribution in [3.8, 4) is 0 Å². The molecule has 0 amide bonds. The Morgan fingerprint density at radius 2 is 2.35 bits per heavy atom. The number of piperidine rings is 1. The highest BCUT2D eigenvalue weighted by atomic mass is 16.7. The van der Waals surface area contributed by atoms with Crippen molar-refractivity contribution in [1.29, 1.82) is 0 Å². The van der Waals surface area contributed by atoms with E-state index in [0.717, 1.165) is 37.3 Å². The molecule has 0 N–H and O–H groups in total. The second kappa shape index (κ2) is 4.11. The monoisotopic (exact) mass is 231 g/mol. The van der Waals surface area contributed by atoms with E-state index in [0.29, 0.717) is 0 Å². The van der Waals surface area contributed by atoms with E-state index in [2.05, 4.69) is 22.1 Å². The summed E-state index contributed by atoms with van der Waals surface area (Å²) >= 11 is 0. The largest absolute Gasteiger partial charge is 0.387 e. The van der Waals surface area contributed by atoms with Gasteiger partial charge in [-0.3, -0.25) is 4.98 Å². The first-order valence-electron chi connectivity index (χ1n) is 6.12. The number of hydrogen-bond acceptors (Lipinski definition) is 4. The first-order valence-corrected chi connectivity index (χ1v) is 6.12. The summed E-state index contributed by atoms with van der Waals surface area (Å²) in [6, 6.07) is 5.90. The van der Waals surface area contributed by atoms with Crippen LogP contribution >= 0.6 is 0 Å². The lowest BCUT2D eigenvalue weighted by Gasteiger charge is -2.36. The summed E-state index contributed by atoms with van der Waals surface area (Å²) in [6.45, 7) is 2.12. The normalized spacial score (nSPS) is 29.1. The minimum Gasteiger partial charge on any atom is -0.387 e. The number of nitrogens with zero attached hydrogens (tertiary/aromatic N) is 3. The molecule has 3 rings (SSSR count). The molecular formula is C13H17N3O. The van der Waals surface area contributed by atoms with E-state index in [1.54, 1.807) is 6.20 Å². The minimum atomic E-state index is -0.0974. The van der Waals surface area contributed by atoms with Crippen molar-refractivity contribution in [1.82, 2.24) is 9.88 Å². The fourth-order valence-electron chi connectivity index (χ4n) is 2.73. The van der Waals surface area contributed by atoms with Crippen LogP contribution in [0, 0.1) is 0 Å². The summed E-state index contributed by atoms with van der Waals surface area (Å²) < 4.78 is 0. The maximum atomic E-state index is 5.73.